The first-order chi connectivity index (χ1) is 16.5. The maximum absolute atomic E-state index is 12.7. The minimum absolute atomic E-state index is 0.0354. The van der Waals surface area contributed by atoms with Gasteiger partial charge in [-0.25, -0.2) is 4.98 Å². The summed E-state index contributed by atoms with van der Waals surface area (Å²) >= 11 is 0. The lowest BCUT2D eigenvalue weighted by Crippen LogP contribution is -2.41. The van der Waals surface area contributed by atoms with E-state index in [0.717, 1.165) is 55.7 Å². The molecule has 2 aliphatic rings. The molecule has 1 fully saturated rings. The topological polar surface area (TPSA) is 104 Å². The Morgan fingerprint density at radius 3 is 2.76 bits per heavy atom. The molecule has 2 aliphatic heterocycles. The van der Waals surface area contributed by atoms with E-state index in [9.17, 15) is 14.4 Å². The minimum atomic E-state index is -0.476. The van der Waals surface area contributed by atoms with Gasteiger partial charge in [0.15, 0.2) is 0 Å². The number of hydrogen-bond acceptors (Lipinski definition) is 6. The number of aryl methyl sites for hydroxylation is 1. The van der Waals surface area contributed by atoms with Gasteiger partial charge in [0.1, 0.15) is 18.0 Å². The van der Waals surface area contributed by atoms with Crippen LogP contribution in [0, 0.1) is 5.92 Å². The molecule has 1 saturated heterocycles. The summed E-state index contributed by atoms with van der Waals surface area (Å²) in [7, 11) is 0. The molecule has 2 aromatic heterocycles. The number of nitrogens with zero attached hydrogens (tertiary/aromatic N) is 3. The second-order valence-corrected chi connectivity index (χ2v) is 9.36. The van der Waals surface area contributed by atoms with Gasteiger partial charge in [0.2, 0.25) is 11.8 Å². The molecular weight excluding hydrogens is 430 g/mol. The van der Waals surface area contributed by atoms with Crippen LogP contribution in [0.1, 0.15) is 61.9 Å². The lowest BCUT2D eigenvalue weighted by Gasteiger charge is -2.32. The van der Waals surface area contributed by atoms with E-state index in [2.05, 4.69) is 27.8 Å². The molecule has 0 bridgehead atoms. The second kappa shape index (κ2) is 11.2. The van der Waals surface area contributed by atoms with Gasteiger partial charge in [0.05, 0.1) is 6.04 Å². The Hall–Kier alpha value is -3.29. The first-order valence-electron chi connectivity index (χ1n) is 12.2. The van der Waals surface area contributed by atoms with Crippen molar-refractivity contribution in [1.82, 2.24) is 20.2 Å². The number of ketones is 1. The Kier molecular flexibility index (Phi) is 7.87. The summed E-state index contributed by atoms with van der Waals surface area (Å²) in [5.41, 5.74) is 3.15. The van der Waals surface area contributed by atoms with Crippen LogP contribution in [0.4, 0.5) is 5.82 Å². The number of aromatic nitrogens is 2. The zero-order valence-electron chi connectivity index (χ0n) is 19.8. The van der Waals surface area contributed by atoms with Gasteiger partial charge in [-0.1, -0.05) is 12.1 Å². The van der Waals surface area contributed by atoms with Crippen molar-refractivity contribution in [2.75, 3.05) is 25.0 Å². The molecule has 0 saturated carbocycles. The predicted octanol–water partition coefficient (Wildman–Crippen LogP) is 2.84. The van der Waals surface area contributed by atoms with Gasteiger partial charge in [-0.3, -0.25) is 19.4 Å². The molecule has 4 heterocycles. The van der Waals surface area contributed by atoms with Crippen molar-refractivity contribution in [1.29, 1.82) is 0 Å². The van der Waals surface area contributed by atoms with Crippen molar-refractivity contribution < 1.29 is 14.4 Å². The number of amides is 2. The molecular formula is C26H33N5O3. The van der Waals surface area contributed by atoms with Crippen LogP contribution in [0.3, 0.4) is 0 Å². The van der Waals surface area contributed by atoms with Crippen molar-refractivity contribution >= 4 is 23.4 Å². The molecule has 0 spiro atoms. The van der Waals surface area contributed by atoms with Crippen molar-refractivity contribution in [2.45, 2.75) is 57.9 Å². The monoisotopic (exact) mass is 463 g/mol. The summed E-state index contributed by atoms with van der Waals surface area (Å²) in [5.74, 6) is 0.939. The molecule has 4 rings (SSSR count). The Bertz CT molecular complexity index is 1020. The van der Waals surface area contributed by atoms with Crippen molar-refractivity contribution in [2.24, 2.45) is 5.92 Å². The highest BCUT2D eigenvalue weighted by Gasteiger charge is 2.26. The van der Waals surface area contributed by atoms with Crippen LogP contribution in [-0.2, 0) is 27.2 Å². The SMILES string of the molecule is CC(=O)CC(NC(=O)CC(=O)N1CCC(Cc2ccc3c(n2)NCCC3)CC1)c1cccnc1. The molecule has 0 radical (unpaired) electrons. The van der Waals surface area contributed by atoms with E-state index in [1.165, 1.54) is 12.5 Å². The second-order valence-electron chi connectivity index (χ2n) is 9.36. The predicted molar refractivity (Wildman–Crippen MR) is 129 cm³/mol. The first-order valence-corrected chi connectivity index (χ1v) is 12.2. The number of rotatable bonds is 8. The average Bonchev–Trinajstić information content (AvgIpc) is 2.84. The Morgan fingerprint density at radius 1 is 1.21 bits per heavy atom. The third kappa shape index (κ3) is 6.40. The number of carbonyl (C=O) groups excluding carboxylic acids is 3. The Balaban J connectivity index is 1.25. The lowest BCUT2D eigenvalue weighted by molar-refractivity contribution is -0.137. The zero-order chi connectivity index (χ0) is 23.9. The van der Waals surface area contributed by atoms with Crippen LogP contribution in [-0.4, -0.2) is 52.1 Å². The summed E-state index contributed by atoms with van der Waals surface area (Å²) in [6.07, 6.45) is 8.19. The number of anilines is 1. The fourth-order valence-corrected chi connectivity index (χ4v) is 4.78. The molecule has 0 aliphatic carbocycles. The van der Waals surface area contributed by atoms with E-state index in [1.807, 2.05) is 6.07 Å². The normalized spacial score (nSPS) is 16.8. The fourth-order valence-electron chi connectivity index (χ4n) is 4.78. The van der Waals surface area contributed by atoms with E-state index >= 15 is 0 Å². The molecule has 2 amide bonds. The van der Waals surface area contributed by atoms with Gasteiger partial charge in [-0.05, 0) is 68.2 Å². The van der Waals surface area contributed by atoms with Crippen LogP contribution in [0.5, 0.6) is 0 Å². The van der Waals surface area contributed by atoms with Gasteiger partial charge >= 0.3 is 0 Å². The first kappa shape index (κ1) is 23.9. The van der Waals surface area contributed by atoms with Gasteiger partial charge in [0, 0.05) is 44.1 Å². The largest absolute Gasteiger partial charge is 0.370 e. The van der Waals surface area contributed by atoms with Gasteiger partial charge in [0.25, 0.3) is 0 Å². The van der Waals surface area contributed by atoms with Crippen LogP contribution < -0.4 is 10.6 Å². The van der Waals surface area contributed by atoms with Gasteiger partial charge in [-0.15, -0.1) is 0 Å². The fraction of sp³-hybridized carbons (Fsp3) is 0.500. The van der Waals surface area contributed by atoms with E-state index < -0.39 is 6.04 Å². The number of piperidine rings is 1. The molecule has 2 aromatic rings. The summed E-state index contributed by atoms with van der Waals surface area (Å²) < 4.78 is 0. The summed E-state index contributed by atoms with van der Waals surface area (Å²) in [4.78, 5) is 47.6. The molecule has 8 nitrogen and oxygen atoms in total. The quantitative estimate of drug-likeness (QED) is 0.584. The summed E-state index contributed by atoms with van der Waals surface area (Å²) in [5, 5.41) is 6.23. The van der Waals surface area contributed by atoms with Crippen molar-refractivity contribution in [3.05, 3.63) is 53.5 Å². The minimum Gasteiger partial charge on any atom is -0.370 e. The van der Waals surface area contributed by atoms with E-state index in [-0.39, 0.29) is 30.4 Å². The number of Topliss-reactive ketones (excluding diaryl/α,β-unsaturated/α-hetero) is 1. The molecule has 34 heavy (non-hydrogen) atoms. The molecule has 0 aromatic carbocycles. The van der Waals surface area contributed by atoms with Crippen molar-refractivity contribution in [3.63, 3.8) is 0 Å². The third-order valence-corrected chi connectivity index (χ3v) is 6.64. The number of pyridine rings is 2. The average molecular weight is 464 g/mol. The zero-order valence-corrected chi connectivity index (χ0v) is 19.8. The number of fused-ring (bicyclic) bond motifs is 1. The third-order valence-electron chi connectivity index (χ3n) is 6.64. The maximum atomic E-state index is 12.7. The molecule has 1 unspecified atom stereocenters. The summed E-state index contributed by atoms with van der Waals surface area (Å²) in [6.45, 7) is 3.77. The number of nitrogens with one attached hydrogen (secondary N) is 2. The van der Waals surface area contributed by atoms with Gasteiger partial charge in [-0.2, -0.15) is 0 Å². The van der Waals surface area contributed by atoms with E-state index in [0.29, 0.717) is 19.0 Å². The highest BCUT2D eigenvalue weighted by molar-refractivity contribution is 5.97. The number of carbonyl (C=O) groups is 3. The van der Waals surface area contributed by atoms with E-state index in [1.54, 1.807) is 23.4 Å². The summed E-state index contributed by atoms with van der Waals surface area (Å²) in [6, 6.07) is 7.43. The molecule has 1 atom stereocenters. The smallest absolute Gasteiger partial charge is 0.232 e. The van der Waals surface area contributed by atoms with Gasteiger partial charge < -0.3 is 15.5 Å². The Morgan fingerprint density at radius 2 is 2.03 bits per heavy atom. The molecule has 2 N–H and O–H groups in total. The lowest BCUT2D eigenvalue weighted by atomic mass is 9.91. The van der Waals surface area contributed by atoms with Crippen LogP contribution in [0.15, 0.2) is 36.7 Å². The highest BCUT2D eigenvalue weighted by atomic mass is 16.2. The standard InChI is InChI=1S/C26H33N5O3/c1-18(32)14-23(21-5-2-10-27-17-21)30-24(33)16-25(34)31-12-8-19(9-13-31)15-22-7-6-20-4-3-11-28-26(20)29-22/h2,5-7,10,17,19,23H,3-4,8-9,11-16H2,1H3,(H,28,29)(H,30,33). The molecule has 180 valence electrons. The maximum Gasteiger partial charge on any atom is 0.232 e. The Labute approximate surface area is 200 Å². The number of likely N-dealkylation sites (tertiary alicyclic amines) is 1. The van der Waals surface area contributed by atoms with Crippen LogP contribution in [0.2, 0.25) is 0 Å². The van der Waals surface area contributed by atoms with Crippen LogP contribution in [0.25, 0.3) is 0 Å². The number of hydrogen-bond donors (Lipinski definition) is 2. The van der Waals surface area contributed by atoms with E-state index in [4.69, 9.17) is 4.98 Å². The van der Waals surface area contributed by atoms with Crippen molar-refractivity contribution in [3.8, 4) is 0 Å². The highest BCUT2D eigenvalue weighted by Crippen LogP contribution is 2.25. The van der Waals surface area contributed by atoms with Crippen LogP contribution >= 0.6 is 0 Å². The molecule has 8 heteroatoms.